The Morgan fingerprint density at radius 3 is 2.81 bits per heavy atom. The van der Waals surface area contributed by atoms with Gasteiger partial charge in [-0.25, -0.2) is 0 Å². The van der Waals surface area contributed by atoms with Crippen molar-refractivity contribution in [3.63, 3.8) is 0 Å². The summed E-state index contributed by atoms with van der Waals surface area (Å²) in [5.41, 5.74) is 1.81. The molecule has 0 saturated carbocycles. The summed E-state index contributed by atoms with van der Waals surface area (Å²) in [4.78, 5) is 11.7. The number of nitrogens with zero attached hydrogens (tertiary/aromatic N) is 2. The highest BCUT2D eigenvalue weighted by Gasteiger charge is 2.11. The van der Waals surface area contributed by atoms with E-state index in [1.807, 2.05) is 38.1 Å². The molecule has 2 aromatic rings. The first-order valence-electron chi connectivity index (χ1n) is 5.40. The Morgan fingerprint density at radius 2 is 2.06 bits per heavy atom. The number of carbonyl (C=O) groups is 1. The Morgan fingerprint density at radius 1 is 1.31 bits per heavy atom. The summed E-state index contributed by atoms with van der Waals surface area (Å²) < 4.78 is 0. The minimum Gasteiger partial charge on any atom is -0.299 e. The van der Waals surface area contributed by atoms with Gasteiger partial charge in [-0.2, -0.15) is 10.2 Å². The molecule has 1 heterocycles. The minimum absolute atomic E-state index is 0.0620. The molecule has 1 aromatic heterocycles. The highest BCUT2D eigenvalue weighted by molar-refractivity contribution is 5.89. The minimum atomic E-state index is 0.0620. The Kier molecular flexibility index (Phi) is 2.95. The molecule has 3 nitrogen and oxygen atoms in total. The van der Waals surface area contributed by atoms with Crippen LogP contribution in [0, 0.1) is 5.92 Å². The molecule has 0 unspecified atom stereocenters. The molecule has 3 heteroatoms. The number of hydrogen-bond donors (Lipinski definition) is 0. The first-order chi connectivity index (χ1) is 7.68. The number of ketones is 1. The van der Waals surface area contributed by atoms with E-state index in [0.29, 0.717) is 6.42 Å². The first-order valence-corrected chi connectivity index (χ1v) is 5.40. The van der Waals surface area contributed by atoms with E-state index in [1.165, 1.54) is 0 Å². The maximum Gasteiger partial charge on any atom is 0.139 e. The molecule has 0 aliphatic rings. The fourth-order valence-corrected chi connectivity index (χ4v) is 1.60. The normalized spacial score (nSPS) is 10.9. The van der Waals surface area contributed by atoms with Gasteiger partial charge >= 0.3 is 0 Å². The summed E-state index contributed by atoms with van der Waals surface area (Å²) >= 11 is 0. The van der Waals surface area contributed by atoms with Gasteiger partial charge in [-0.1, -0.05) is 32.0 Å². The molecule has 0 amide bonds. The molecule has 0 N–H and O–H groups in total. The van der Waals surface area contributed by atoms with Crippen LogP contribution in [0.2, 0.25) is 0 Å². The second kappa shape index (κ2) is 4.39. The molecule has 1 aromatic carbocycles. The smallest absolute Gasteiger partial charge is 0.139 e. The van der Waals surface area contributed by atoms with Crippen molar-refractivity contribution >= 4 is 16.7 Å². The second-order valence-electron chi connectivity index (χ2n) is 4.18. The predicted molar refractivity (Wildman–Crippen MR) is 63.1 cm³/mol. The highest BCUT2D eigenvalue weighted by Crippen LogP contribution is 2.16. The van der Waals surface area contributed by atoms with Crippen molar-refractivity contribution in [1.29, 1.82) is 0 Å². The maximum atomic E-state index is 11.7. The van der Waals surface area contributed by atoms with Gasteiger partial charge in [-0.3, -0.25) is 4.79 Å². The van der Waals surface area contributed by atoms with Crippen LogP contribution in [-0.2, 0) is 11.2 Å². The highest BCUT2D eigenvalue weighted by atomic mass is 16.1. The lowest BCUT2D eigenvalue weighted by Crippen LogP contribution is -2.10. The Hall–Kier alpha value is -1.77. The zero-order valence-corrected chi connectivity index (χ0v) is 9.47. The molecule has 82 valence electrons. The van der Waals surface area contributed by atoms with Crippen LogP contribution in [0.25, 0.3) is 10.9 Å². The number of aromatic nitrogens is 2. The van der Waals surface area contributed by atoms with Crippen LogP contribution >= 0.6 is 0 Å². The summed E-state index contributed by atoms with van der Waals surface area (Å²) in [5.74, 6) is 0.296. The molecule has 0 bridgehead atoms. The summed E-state index contributed by atoms with van der Waals surface area (Å²) in [7, 11) is 0. The number of carbonyl (C=O) groups excluding carboxylic acids is 1. The Labute approximate surface area is 94.5 Å². The van der Waals surface area contributed by atoms with E-state index in [-0.39, 0.29) is 11.7 Å². The van der Waals surface area contributed by atoms with Crippen molar-refractivity contribution in [2.75, 3.05) is 0 Å². The molecule has 0 aliphatic heterocycles. The van der Waals surface area contributed by atoms with E-state index in [2.05, 4.69) is 10.2 Å². The van der Waals surface area contributed by atoms with Gasteiger partial charge in [-0.15, -0.1) is 0 Å². The fraction of sp³-hybridized carbons (Fsp3) is 0.308. The van der Waals surface area contributed by atoms with Crippen LogP contribution in [0.5, 0.6) is 0 Å². The average molecular weight is 214 g/mol. The summed E-state index contributed by atoms with van der Waals surface area (Å²) in [5, 5.41) is 8.98. The SMILES string of the molecule is CC(C)C(=O)Cc1cnnc2ccccc12. The van der Waals surface area contributed by atoms with E-state index < -0.39 is 0 Å². The number of Topliss-reactive ketones (excluding diaryl/α,β-unsaturated/α-hetero) is 1. The lowest BCUT2D eigenvalue weighted by atomic mass is 10.00. The van der Waals surface area contributed by atoms with E-state index in [1.54, 1.807) is 6.20 Å². The van der Waals surface area contributed by atoms with Crippen LogP contribution < -0.4 is 0 Å². The number of benzene rings is 1. The molecular weight excluding hydrogens is 200 g/mol. The lowest BCUT2D eigenvalue weighted by molar-refractivity contribution is -0.121. The van der Waals surface area contributed by atoms with E-state index in [9.17, 15) is 4.79 Å². The topological polar surface area (TPSA) is 42.9 Å². The van der Waals surface area contributed by atoms with E-state index >= 15 is 0 Å². The average Bonchev–Trinajstić information content (AvgIpc) is 2.29. The molecule has 0 fully saturated rings. The third kappa shape index (κ3) is 2.08. The molecule has 0 saturated heterocycles. The molecular formula is C13H14N2O. The van der Waals surface area contributed by atoms with Crippen LogP contribution in [-0.4, -0.2) is 16.0 Å². The zero-order valence-electron chi connectivity index (χ0n) is 9.47. The fourth-order valence-electron chi connectivity index (χ4n) is 1.60. The van der Waals surface area contributed by atoms with E-state index in [4.69, 9.17) is 0 Å². The standard InChI is InChI=1S/C13H14N2O/c1-9(2)13(16)7-10-8-14-15-12-6-4-3-5-11(10)12/h3-6,8-9H,7H2,1-2H3. The Bertz CT molecular complexity index is 515. The van der Waals surface area contributed by atoms with Gasteiger partial charge in [0.05, 0.1) is 11.7 Å². The van der Waals surface area contributed by atoms with Crippen LogP contribution in [0.3, 0.4) is 0 Å². The van der Waals surface area contributed by atoms with Crippen LogP contribution in [0.1, 0.15) is 19.4 Å². The van der Waals surface area contributed by atoms with Crippen LogP contribution in [0.4, 0.5) is 0 Å². The predicted octanol–water partition coefficient (Wildman–Crippen LogP) is 2.40. The van der Waals surface area contributed by atoms with Crippen molar-refractivity contribution in [2.45, 2.75) is 20.3 Å². The first kappa shape index (κ1) is 10.7. The van der Waals surface area contributed by atoms with Gasteiger partial charge in [0.15, 0.2) is 0 Å². The maximum absolute atomic E-state index is 11.7. The van der Waals surface area contributed by atoms with Gasteiger partial charge in [-0.05, 0) is 11.6 Å². The van der Waals surface area contributed by atoms with E-state index in [0.717, 1.165) is 16.5 Å². The van der Waals surface area contributed by atoms with Crippen molar-refractivity contribution in [2.24, 2.45) is 5.92 Å². The van der Waals surface area contributed by atoms with Gasteiger partial charge in [0.2, 0.25) is 0 Å². The van der Waals surface area contributed by atoms with Gasteiger partial charge in [0, 0.05) is 17.7 Å². The molecule has 0 aliphatic carbocycles. The van der Waals surface area contributed by atoms with Crippen molar-refractivity contribution in [3.05, 3.63) is 36.0 Å². The number of rotatable bonds is 3. The Balaban J connectivity index is 2.41. The van der Waals surface area contributed by atoms with Crippen molar-refractivity contribution < 1.29 is 4.79 Å². The second-order valence-corrected chi connectivity index (χ2v) is 4.18. The molecule has 16 heavy (non-hydrogen) atoms. The molecule has 2 rings (SSSR count). The molecule has 0 atom stereocenters. The largest absolute Gasteiger partial charge is 0.299 e. The van der Waals surface area contributed by atoms with Gasteiger partial charge in [0.25, 0.3) is 0 Å². The third-order valence-corrected chi connectivity index (χ3v) is 2.64. The summed E-state index contributed by atoms with van der Waals surface area (Å²) in [6.45, 7) is 3.83. The van der Waals surface area contributed by atoms with Gasteiger partial charge < -0.3 is 0 Å². The van der Waals surface area contributed by atoms with Crippen molar-refractivity contribution in [3.8, 4) is 0 Å². The molecule has 0 radical (unpaired) electrons. The summed E-state index contributed by atoms with van der Waals surface area (Å²) in [6.07, 6.45) is 2.12. The zero-order chi connectivity index (χ0) is 11.5. The number of hydrogen-bond acceptors (Lipinski definition) is 3. The number of fused-ring (bicyclic) bond motifs is 1. The summed E-state index contributed by atoms with van der Waals surface area (Å²) in [6, 6.07) is 7.76. The quantitative estimate of drug-likeness (QED) is 0.788. The molecule has 0 spiro atoms. The third-order valence-electron chi connectivity index (χ3n) is 2.64. The van der Waals surface area contributed by atoms with Crippen LogP contribution in [0.15, 0.2) is 30.5 Å². The van der Waals surface area contributed by atoms with Gasteiger partial charge in [0.1, 0.15) is 5.78 Å². The lowest BCUT2D eigenvalue weighted by Gasteiger charge is -2.06. The monoisotopic (exact) mass is 214 g/mol. The van der Waals surface area contributed by atoms with Crippen molar-refractivity contribution in [1.82, 2.24) is 10.2 Å².